The maximum Gasteiger partial charge on any atom is 0.322 e. The van der Waals surface area contributed by atoms with Crippen LogP contribution in [0.3, 0.4) is 0 Å². The van der Waals surface area contributed by atoms with Crippen molar-refractivity contribution < 1.29 is 18.3 Å². The Morgan fingerprint density at radius 1 is 1.69 bits per heavy atom. The SMILES string of the molecule is CCS(=O)(=O)N[C@H](Cc1cnc[nH]1)C(=O)O. The van der Waals surface area contributed by atoms with Crippen molar-refractivity contribution in [2.75, 3.05) is 5.75 Å². The molecule has 0 amide bonds. The lowest BCUT2D eigenvalue weighted by atomic mass is 10.2. The molecule has 0 radical (unpaired) electrons. The lowest BCUT2D eigenvalue weighted by Gasteiger charge is -2.12. The predicted molar refractivity (Wildman–Crippen MR) is 56.3 cm³/mol. The van der Waals surface area contributed by atoms with Crippen molar-refractivity contribution >= 4 is 16.0 Å². The molecule has 0 aliphatic carbocycles. The zero-order valence-electron chi connectivity index (χ0n) is 8.67. The van der Waals surface area contributed by atoms with Gasteiger partial charge in [-0.05, 0) is 6.92 Å². The van der Waals surface area contributed by atoms with Crippen LogP contribution in [0.15, 0.2) is 12.5 Å². The largest absolute Gasteiger partial charge is 0.480 e. The van der Waals surface area contributed by atoms with Crippen molar-refractivity contribution in [2.24, 2.45) is 0 Å². The van der Waals surface area contributed by atoms with Crippen molar-refractivity contribution in [3.63, 3.8) is 0 Å². The number of carboxylic acids is 1. The Kier molecular flexibility index (Phi) is 4.02. The highest BCUT2D eigenvalue weighted by Crippen LogP contribution is 2.00. The summed E-state index contributed by atoms with van der Waals surface area (Å²) < 4.78 is 24.6. The molecular weight excluding hydrogens is 234 g/mol. The summed E-state index contributed by atoms with van der Waals surface area (Å²) in [4.78, 5) is 17.3. The fourth-order valence-electron chi connectivity index (χ4n) is 1.10. The van der Waals surface area contributed by atoms with Gasteiger partial charge in [-0.3, -0.25) is 4.79 Å². The fourth-order valence-corrected chi connectivity index (χ4v) is 1.88. The first-order valence-corrected chi connectivity index (χ1v) is 6.30. The molecule has 0 spiro atoms. The average molecular weight is 247 g/mol. The smallest absolute Gasteiger partial charge is 0.322 e. The van der Waals surface area contributed by atoms with Crippen LogP contribution in [0.5, 0.6) is 0 Å². The number of nitrogens with one attached hydrogen (secondary N) is 2. The van der Waals surface area contributed by atoms with Gasteiger partial charge >= 0.3 is 5.97 Å². The molecule has 7 nitrogen and oxygen atoms in total. The minimum atomic E-state index is -3.53. The van der Waals surface area contributed by atoms with E-state index < -0.39 is 22.0 Å². The van der Waals surface area contributed by atoms with Crippen LogP contribution < -0.4 is 4.72 Å². The minimum absolute atomic E-state index is 0.0363. The first-order valence-electron chi connectivity index (χ1n) is 4.64. The monoisotopic (exact) mass is 247 g/mol. The summed E-state index contributed by atoms with van der Waals surface area (Å²) in [7, 11) is -3.53. The highest BCUT2D eigenvalue weighted by Gasteiger charge is 2.23. The molecule has 16 heavy (non-hydrogen) atoms. The van der Waals surface area contributed by atoms with Gasteiger partial charge in [-0.2, -0.15) is 0 Å². The second-order valence-corrected chi connectivity index (χ2v) is 5.24. The van der Waals surface area contributed by atoms with Gasteiger partial charge in [0, 0.05) is 18.3 Å². The second-order valence-electron chi connectivity index (χ2n) is 3.19. The fraction of sp³-hybridized carbons (Fsp3) is 0.500. The lowest BCUT2D eigenvalue weighted by molar-refractivity contribution is -0.138. The highest BCUT2D eigenvalue weighted by atomic mass is 32.2. The summed E-state index contributed by atoms with van der Waals surface area (Å²) >= 11 is 0. The van der Waals surface area contributed by atoms with Crippen molar-refractivity contribution in [2.45, 2.75) is 19.4 Å². The van der Waals surface area contributed by atoms with Crippen molar-refractivity contribution in [3.8, 4) is 0 Å². The number of carbonyl (C=O) groups is 1. The van der Waals surface area contributed by atoms with Gasteiger partial charge in [-0.1, -0.05) is 0 Å². The summed E-state index contributed by atoms with van der Waals surface area (Å²) in [6.45, 7) is 1.44. The molecule has 1 aromatic heterocycles. The number of imidazole rings is 1. The number of H-pyrrole nitrogens is 1. The van der Waals surface area contributed by atoms with E-state index in [0.29, 0.717) is 5.69 Å². The number of hydrogen-bond acceptors (Lipinski definition) is 4. The van der Waals surface area contributed by atoms with Gasteiger partial charge in [-0.25, -0.2) is 18.1 Å². The Balaban J connectivity index is 2.73. The van der Waals surface area contributed by atoms with Crippen LogP contribution in [-0.2, 0) is 21.2 Å². The van der Waals surface area contributed by atoms with E-state index in [-0.39, 0.29) is 12.2 Å². The lowest BCUT2D eigenvalue weighted by Crippen LogP contribution is -2.42. The molecule has 90 valence electrons. The van der Waals surface area contributed by atoms with E-state index in [2.05, 4.69) is 14.7 Å². The molecule has 1 aromatic rings. The molecule has 0 aromatic carbocycles. The third-order valence-corrected chi connectivity index (χ3v) is 3.38. The summed E-state index contributed by atoms with van der Waals surface area (Å²) in [6, 6.07) is -1.18. The van der Waals surface area contributed by atoms with E-state index in [0.717, 1.165) is 0 Å². The molecule has 0 aliphatic rings. The molecule has 1 heterocycles. The van der Waals surface area contributed by atoms with Crippen LogP contribution in [-0.4, -0.2) is 41.3 Å². The average Bonchev–Trinajstić information content (AvgIpc) is 2.69. The number of hydrogen-bond donors (Lipinski definition) is 3. The van der Waals surface area contributed by atoms with Crippen molar-refractivity contribution in [3.05, 3.63) is 18.2 Å². The Morgan fingerprint density at radius 2 is 2.38 bits per heavy atom. The predicted octanol–water partition coefficient (Wildman–Crippen LogP) is -0.655. The van der Waals surface area contributed by atoms with Crippen molar-refractivity contribution in [1.29, 1.82) is 0 Å². The number of rotatable bonds is 6. The molecule has 0 unspecified atom stereocenters. The van der Waals surface area contributed by atoms with E-state index in [4.69, 9.17) is 5.11 Å². The van der Waals surface area contributed by atoms with Gasteiger partial charge in [0.15, 0.2) is 0 Å². The number of nitrogens with zero attached hydrogens (tertiary/aromatic N) is 1. The van der Waals surface area contributed by atoms with E-state index in [1.165, 1.54) is 19.4 Å². The van der Waals surface area contributed by atoms with Crippen LogP contribution in [0.25, 0.3) is 0 Å². The third kappa shape index (κ3) is 3.63. The first kappa shape index (κ1) is 12.7. The number of carboxylic acid groups (broad SMARTS) is 1. The Hall–Kier alpha value is -1.41. The maximum absolute atomic E-state index is 11.2. The number of aromatic nitrogens is 2. The Bertz CT molecular complexity index is 440. The van der Waals surface area contributed by atoms with E-state index in [9.17, 15) is 13.2 Å². The molecule has 3 N–H and O–H groups in total. The number of aliphatic carboxylic acids is 1. The molecular formula is C8H13N3O4S. The Labute approximate surface area is 93.0 Å². The normalized spacial score (nSPS) is 13.6. The molecule has 0 saturated heterocycles. The van der Waals surface area contributed by atoms with Gasteiger partial charge in [-0.15, -0.1) is 0 Å². The number of aromatic amines is 1. The highest BCUT2D eigenvalue weighted by molar-refractivity contribution is 7.89. The van der Waals surface area contributed by atoms with E-state index in [1.807, 2.05) is 0 Å². The van der Waals surface area contributed by atoms with Crippen LogP contribution in [0.1, 0.15) is 12.6 Å². The van der Waals surface area contributed by atoms with Gasteiger partial charge < -0.3 is 10.1 Å². The van der Waals surface area contributed by atoms with E-state index >= 15 is 0 Å². The molecule has 8 heteroatoms. The Morgan fingerprint density at radius 3 is 2.81 bits per heavy atom. The van der Waals surface area contributed by atoms with Crippen LogP contribution in [0, 0.1) is 0 Å². The number of sulfonamides is 1. The zero-order chi connectivity index (χ0) is 12.2. The maximum atomic E-state index is 11.2. The third-order valence-electron chi connectivity index (χ3n) is 1.98. The second kappa shape index (κ2) is 5.08. The minimum Gasteiger partial charge on any atom is -0.480 e. The van der Waals surface area contributed by atoms with Gasteiger partial charge in [0.05, 0.1) is 12.1 Å². The molecule has 0 bridgehead atoms. The zero-order valence-corrected chi connectivity index (χ0v) is 9.49. The topological polar surface area (TPSA) is 112 Å². The molecule has 0 saturated carbocycles. The van der Waals surface area contributed by atoms with Gasteiger partial charge in [0.2, 0.25) is 10.0 Å². The standard InChI is InChI=1S/C8H13N3O4S/c1-2-16(14,15)11-7(8(12)13)3-6-4-9-5-10-6/h4-5,7,11H,2-3H2,1H3,(H,9,10)(H,12,13)/t7-/m1/s1. The molecule has 1 rings (SSSR count). The molecule has 0 fully saturated rings. The summed E-state index contributed by atoms with van der Waals surface area (Å²) in [5, 5.41) is 8.87. The summed E-state index contributed by atoms with van der Waals surface area (Å²) in [6.07, 6.45) is 2.90. The summed E-state index contributed by atoms with van der Waals surface area (Å²) in [5.41, 5.74) is 0.561. The van der Waals surface area contributed by atoms with Gasteiger partial charge in [0.1, 0.15) is 6.04 Å². The van der Waals surface area contributed by atoms with E-state index in [1.54, 1.807) is 0 Å². The quantitative estimate of drug-likeness (QED) is 0.618. The van der Waals surface area contributed by atoms with Crippen LogP contribution >= 0.6 is 0 Å². The first-order chi connectivity index (χ1) is 7.44. The van der Waals surface area contributed by atoms with Gasteiger partial charge in [0.25, 0.3) is 0 Å². The van der Waals surface area contributed by atoms with Crippen LogP contribution in [0.2, 0.25) is 0 Å². The molecule has 1 atom stereocenters. The van der Waals surface area contributed by atoms with Crippen LogP contribution in [0.4, 0.5) is 0 Å². The van der Waals surface area contributed by atoms with Crippen molar-refractivity contribution in [1.82, 2.24) is 14.7 Å². The molecule has 0 aliphatic heterocycles. The summed E-state index contributed by atoms with van der Waals surface area (Å²) in [5.74, 6) is -1.37.